The van der Waals surface area contributed by atoms with Crippen LogP contribution in [0.3, 0.4) is 0 Å². The molecule has 21 heteroatoms. The highest BCUT2D eigenvalue weighted by Crippen LogP contribution is 2.34. The van der Waals surface area contributed by atoms with Crippen LogP contribution in [0.5, 0.6) is 0 Å². The van der Waals surface area contributed by atoms with Crippen molar-refractivity contribution in [1.29, 1.82) is 0 Å². The summed E-state index contributed by atoms with van der Waals surface area (Å²) in [6.45, 7) is 37.2. The highest BCUT2D eigenvalue weighted by molar-refractivity contribution is 5.90. The number of fused-ring (bicyclic) bond motifs is 6. The molecule has 0 spiro atoms. The van der Waals surface area contributed by atoms with Gasteiger partial charge in [-0.15, -0.1) is 0 Å². The van der Waals surface area contributed by atoms with Gasteiger partial charge in [0.25, 0.3) is 0 Å². The van der Waals surface area contributed by atoms with E-state index in [0.29, 0.717) is 42.4 Å². The van der Waals surface area contributed by atoms with Gasteiger partial charge in [0.2, 0.25) is 0 Å². The molecule has 5 aliphatic heterocycles. The van der Waals surface area contributed by atoms with Crippen LogP contribution >= 0.6 is 0 Å². The number of aromatic nitrogens is 7. The molecule has 3 N–H and O–H groups in total. The highest BCUT2D eigenvalue weighted by Gasteiger charge is 2.36. The van der Waals surface area contributed by atoms with Crippen molar-refractivity contribution in [2.45, 2.75) is 243 Å². The molecule has 12 heterocycles. The van der Waals surface area contributed by atoms with E-state index in [4.69, 9.17) is 24.1 Å². The quantitative estimate of drug-likeness (QED) is 0.107. The summed E-state index contributed by atoms with van der Waals surface area (Å²) < 4.78 is 21.5. The van der Waals surface area contributed by atoms with Gasteiger partial charge in [-0.05, 0) is 266 Å². The first-order valence-electron chi connectivity index (χ1n) is 34.8. The maximum atomic E-state index is 12.6. The zero-order valence-electron chi connectivity index (χ0n) is 61.9. The summed E-state index contributed by atoms with van der Waals surface area (Å²) in [5.74, 6) is 3.79. The fourth-order valence-electron chi connectivity index (χ4n) is 11.3. The molecule has 0 bridgehead atoms. The topological polar surface area (TPSA) is 249 Å². The lowest BCUT2D eigenvalue weighted by atomic mass is 9.99. The van der Waals surface area contributed by atoms with Crippen molar-refractivity contribution >= 4 is 70.4 Å². The summed E-state index contributed by atoms with van der Waals surface area (Å²) in [5.41, 5.74) is 10.4. The largest absolute Gasteiger partial charge is 0.466 e. The number of rotatable bonds is 5. The minimum atomic E-state index is -0.572. The maximum absolute atomic E-state index is 12.6. The summed E-state index contributed by atoms with van der Waals surface area (Å²) in [6.07, 6.45) is 13.3. The molecule has 0 fully saturated rings. The Balaban J connectivity index is 0.000000171. The molecule has 5 unspecified atom stereocenters. The number of carbonyl (C=O) groups is 4. The van der Waals surface area contributed by atoms with Crippen LogP contribution in [0.1, 0.15) is 192 Å². The van der Waals surface area contributed by atoms with Crippen LogP contribution in [0.25, 0.3) is 17.1 Å². The first kappa shape index (κ1) is 77.2. The highest BCUT2D eigenvalue weighted by atomic mass is 16.6. The lowest BCUT2D eigenvalue weighted by Gasteiger charge is -2.35. The molecule has 7 aromatic heterocycles. The zero-order chi connectivity index (χ0) is 72.5. The van der Waals surface area contributed by atoms with E-state index in [1.54, 1.807) is 27.8 Å². The van der Waals surface area contributed by atoms with E-state index in [-0.39, 0.29) is 49.3 Å². The van der Waals surface area contributed by atoms with E-state index in [0.717, 1.165) is 119 Å². The minimum absolute atomic E-state index is 0.00214. The van der Waals surface area contributed by atoms with Gasteiger partial charge in [-0.2, -0.15) is 0 Å². The normalized spacial score (nSPS) is 17.9. The number of esters is 1. The molecule has 0 saturated carbocycles. The second-order valence-corrected chi connectivity index (χ2v) is 28.9. The van der Waals surface area contributed by atoms with Gasteiger partial charge in [-0.3, -0.25) is 19.5 Å². The fourth-order valence-corrected chi connectivity index (χ4v) is 11.3. The van der Waals surface area contributed by atoms with E-state index in [2.05, 4.69) is 95.8 Å². The van der Waals surface area contributed by atoms with Crippen LogP contribution < -0.4 is 25.3 Å². The van der Waals surface area contributed by atoms with Gasteiger partial charge in [0.05, 0.1) is 18.7 Å². The second kappa shape index (κ2) is 34.6. The number of hydrogen-bond acceptors (Lipinski definition) is 18. The molecule has 7 aromatic rings. The Morgan fingerprint density at radius 3 is 1.48 bits per heavy atom. The van der Waals surface area contributed by atoms with E-state index < -0.39 is 22.9 Å². The van der Waals surface area contributed by atoms with Gasteiger partial charge in [0, 0.05) is 88.9 Å². The molecule has 0 aromatic carbocycles. The minimum Gasteiger partial charge on any atom is -0.466 e. The van der Waals surface area contributed by atoms with Crippen molar-refractivity contribution in [3.63, 3.8) is 0 Å². The van der Waals surface area contributed by atoms with Crippen molar-refractivity contribution < 1.29 is 43.2 Å². The van der Waals surface area contributed by atoms with Crippen LogP contribution in [-0.4, -0.2) is 124 Å². The molecule has 0 aliphatic carbocycles. The fraction of sp³-hybridized carbons (Fsp3) is 0.500. The molecule has 3 amide bonds. The van der Waals surface area contributed by atoms with Crippen molar-refractivity contribution in [2.24, 2.45) is 0 Å². The molecule has 0 radical (unpaired) electrons. The third kappa shape index (κ3) is 23.3. The molecular formula is C78H106N12O9. The number of aliphatic hydroxyl groups is 1. The molecular weight excluding hydrogens is 1250 g/mol. The Labute approximate surface area is 586 Å². The lowest BCUT2D eigenvalue weighted by molar-refractivity contribution is -0.142. The van der Waals surface area contributed by atoms with Crippen molar-refractivity contribution in [3.05, 3.63) is 159 Å². The van der Waals surface area contributed by atoms with Crippen molar-refractivity contribution in [3.8, 4) is 0 Å². The van der Waals surface area contributed by atoms with Gasteiger partial charge in [-0.25, -0.2) is 49.3 Å². The maximum Gasteiger partial charge on any atom is 0.416 e. The van der Waals surface area contributed by atoms with Crippen LogP contribution in [0, 0.1) is 27.7 Å². The predicted octanol–water partition coefficient (Wildman–Crippen LogP) is 15.7. The number of amides is 3. The Kier molecular flexibility index (Phi) is 27.0. The Bertz CT molecular complexity index is 3930. The van der Waals surface area contributed by atoms with E-state index in [9.17, 15) is 19.2 Å². The second-order valence-electron chi connectivity index (χ2n) is 28.9. The molecule has 99 heavy (non-hydrogen) atoms. The van der Waals surface area contributed by atoms with Crippen molar-refractivity contribution in [1.82, 2.24) is 34.9 Å². The summed E-state index contributed by atoms with van der Waals surface area (Å²) in [4.78, 5) is 84.9. The zero-order valence-corrected chi connectivity index (χ0v) is 61.9. The number of nitrogens with zero attached hydrogens (tertiary/aromatic N) is 10. The van der Waals surface area contributed by atoms with Gasteiger partial charge < -0.3 is 34.7 Å². The number of carbonyl (C=O) groups excluding carboxylic acids is 4. The Morgan fingerprint density at radius 2 is 0.960 bits per heavy atom. The lowest BCUT2D eigenvalue weighted by Crippen LogP contribution is -2.45. The molecule has 5 aliphatic rings. The molecule has 532 valence electrons. The predicted molar refractivity (Wildman–Crippen MR) is 394 cm³/mol. The van der Waals surface area contributed by atoms with Gasteiger partial charge >= 0.3 is 24.2 Å². The number of aryl methyl sites for hydroxylation is 8. The summed E-state index contributed by atoms with van der Waals surface area (Å²) in [5, 5.41) is 16.8. The number of aliphatic hydroxyl groups excluding tert-OH is 1. The monoisotopic (exact) mass is 1350 g/mol. The Morgan fingerprint density at radius 1 is 0.515 bits per heavy atom. The number of ether oxygens (including phenoxy) is 4. The SMILES string of the molecule is CC1CCc2ccc(CCO)nc2N1C(=O)OC(C)(C)C.CCOC(=O)Cc1ccc2c(n1)N(C(=O)OC(C)(C)C)C(C)CC2.Cc1ccc2c(n1)N(C(=O)OC(C)(C)C)C(C)CC2.Cc1ccc2c(n1)NC(C)C=C2.Cc1ccc2c(n1)NC(C)CC2.Cc1ccc2cccnc2n1. The first-order chi connectivity index (χ1) is 46.7. The Hall–Kier alpha value is -9.11. The van der Waals surface area contributed by atoms with E-state index >= 15 is 0 Å². The molecule has 21 nitrogen and oxygen atoms in total. The summed E-state index contributed by atoms with van der Waals surface area (Å²) in [7, 11) is 0. The summed E-state index contributed by atoms with van der Waals surface area (Å²) in [6, 6.07) is 29.2. The third-order valence-electron chi connectivity index (χ3n) is 16.3. The molecule has 5 atom stereocenters. The molecule has 0 saturated heterocycles. The average molecular weight is 1360 g/mol. The number of hydrogen-bond donors (Lipinski definition) is 3. The smallest absolute Gasteiger partial charge is 0.416 e. The number of nitrogens with one attached hydrogen (secondary N) is 2. The van der Waals surface area contributed by atoms with Crippen LogP contribution in [0.4, 0.5) is 43.5 Å². The average Bonchev–Trinajstić information content (AvgIpc) is 0.796. The van der Waals surface area contributed by atoms with E-state index in [1.165, 1.54) is 17.5 Å². The summed E-state index contributed by atoms with van der Waals surface area (Å²) >= 11 is 0. The van der Waals surface area contributed by atoms with Gasteiger partial charge in [-0.1, -0.05) is 36.4 Å². The van der Waals surface area contributed by atoms with E-state index in [1.807, 2.05) is 171 Å². The number of anilines is 5. The third-order valence-corrected chi connectivity index (χ3v) is 16.3. The number of pyridine rings is 7. The van der Waals surface area contributed by atoms with Gasteiger partial charge in [0.15, 0.2) is 5.65 Å². The van der Waals surface area contributed by atoms with Crippen molar-refractivity contribution in [2.75, 3.05) is 38.5 Å². The van der Waals surface area contributed by atoms with Crippen LogP contribution in [0.15, 0.2) is 97.2 Å². The van der Waals surface area contributed by atoms with Gasteiger partial charge in [0.1, 0.15) is 45.9 Å². The molecule has 12 rings (SSSR count). The first-order valence-corrected chi connectivity index (χ1v) is 34.8. The van der Waals surface area contributed by atoms with Crippen LogP contribution in [-0.2, 0) is 62.3 Å². The standard InChI is InChI=1S/C18H26N2O4.C16H24N2O3.C15H22N2O2.C10H14N2.C10H12N2.C9H8N2/c1-6-23-15(21)11-14-10-9-13-8-7-12(2)20(16(13)19-14)17(22)24-18(3,4)5;1-11-5-6-12-7-8-13(9-10-19)17-14(12)18(11)15(20)21-16(2,3)4;1-10-6-8-12-9-7-11(2)17(13(12)16-10)14(18)19-15(3,4)5;2*1-7-3-5-9-6-4-8(2)12-10(9)11-7;1-7-4-5-8-3-2-6-10-9(8)11-7/h9-10,12H,6-8,11H2,1-5H3;7-8,11,19H,5-6,9-10H2,1-4H3;6,8,11H,7,9H2,1-5H3;3,5,8H,4,6H2,1-2H3,(H,11,12);3-7H,1-2H3,(H,11,12);2-6H,1H3. The van der Waals surface area contributed by atoms with Crippen LogP contribution in [0.2, 0.25) is 0 Å².